The normalized spacial score (nSPS) is 14.0. The van der Waals surface area contributed by atoms with Crippen molar-refractivity contribution in [2.45, 2.75) is 32.4 Å². The van der Waals surface area contributed by atoms with Crippen LogP contribution in [0.1, 0.15) is 25.0 Å². The molecule has 1 heterocycles. The minimum atomic E-state index is -1.32. The maximum atomic E-state index is 11.9. The Balaban J connectivity index is 2.08. The van der Waals surface area contributed by atoms with E-state index in [0.717, 1.165) is 24.3 Å². The Kier molecular flexibility index (Phi) is 3.30. The molecule has 18 heavy (non-hydrogen) atoms. The fourth-order valence-electron chi connectivity index (χ4n) is 2.15. The first-order valence-corrected chi connectivity index (χ1v) is 6.10. The van der Waals surface area contributed by atoms with Gasteiger partial charge in [0.2, 0.25) is 0 Å². The van der Waals surface area contributed by atoms with Gasteiger partial charge in [-0.3, -0.25) is 4.79 Å². The zero-order valence-corrected chi connectivity index (χ0v) is 11.1. The van der Waals surface area contributed by atoms with E-state index in [-0.39, 0.29) is 5.91 Å². The van der Waals surface area contributed by atoms with E-state index in [4.69, 9.17) is 4.74 Å². The fourth-order valence-corrected chi connectivity index (χ4v) is 2.15. The lowest BCUT2D eigenvalue weighted by Crippen LogP contribution is -2.42. The summed E-state index contributed by atoms with van der Waals surface area (Å²) < 4.78 is 5.44. The summed E-state index contributed by atoms with van der Waals surface area (Å²) in [7, 11) is 1.70. The van der Waals surface area contributed by atoms with Crippen molar-refractivity contribution in [1.29, 1.82) is 0 Å². The molecular formula is C14H19NO3. The molecule has 1 N–H and O–H groups in total. The quantitative estimate of drug-likeness (QED) is 0.879. The van der Waals surface area contributed by atoms with Crippen LogP contribution < -0.4 is 4.74 Å². The molecule has 0 atom stereocenters. The van der Waals surface area contributed by atoms with E-state index in [1.54, 1.807) is 7.05 Å². The number of carbonyl (C=O) groups excluding carboxylic acids is 1. The topological polar surface area (TPSA) is 49.8 Å². The minimum Gasteiger partial charge on any atom is -0.493 e. The lowest BCUT2D eigenvalue weighted by atomic mass is 10.1. The number of fused-ring (bicyclic) bond motifs is 1. The number of rotatable bonds is 3. The van der Waals surface area contributed by atoms with Crippen LogP contribution in [0.4, 0.5) is 0 Å². The van der Waals surface area contributed by atoms with Crippen molar-refractivity contribution in [2.75, 3.05) is 13.7 Å². The summed E-state index contributed by atoms with van der Waals surface area (Å²) in [6.07, 6.45) is 0.923. The Morgan fingerprint density at radius 3 is 2.89 bits per heavy atom. The number of carbonyl (C=O) groups is 1. The van der Waals surface area contributed by atoms with Gasteiger partial charge in [-0.1, -0.05) is 12.1 Å². The van der Waals surface area contributed by atoms with E-state index in [9.17, 15) is 9.90 Å². The predicted molar refractivity (Wildman–Crippen MR) is 68.4 cm³/mol. The number of hydrogen-bond acceptors (Lipinski definition) is 3. The highest BCUT2D eigenvalue weighted by Crippen LogP contribution is 2.26. The summed E-state index contributed by atoms with van der Waals surface area (Å²) in [6.45, 7) is 4.23. The van der Waals surface area contributed by atoms with Gasteiger partial charge in [0, 0.05) is 20.0 Å². The zero-order chi connectivity index (χ0) is 13.3. The van der Waals surface area contributed by atoms with Gasteiger partial charge in [0.1, 0.15) is 11.4 Å². The van der Waals surface area contributed by atoms with E-state index < -0.39 is 5.60 Å². The largest absolute Gasteiger partial charge is 0.493 e. The summed E-state index contributed by atoms with van der Waals surface area (Å²) in [5.74, 6) is 0.662. The molecule has 0 saturated heterocycles. The Morgan fingerprint density at radius 2 is 2.22 bits per heavy atom. The first kappa shape index (κ1) is 12.9. The van der Waals surface area contributed by atoms with Gasteiger partial charge in [-0.25, -0.2) is 0 Å². The van der Waals surface area contributed by atoms with E-state index in [2.05, 4.69) is 6.07 Å². The zero-order valence-electron chi connectivity index (χ0n) is 11.1. The van der Waals surface area contributed by atoms with Crippen molar-refractivity contribution in [3.05, 3.63) is 29.3 Å². The maximum absolute atomic E-state index is 11.9. The highest BCUT2D eigenvalue weighted by molar-refractivity contribution is 5.83. The van der Waals surface area contributed by atoms with Crippen molar-refractivity contribution in [2.24, 2.45) is 0 Å². The van der Waals surface area contributed by atoms with Crippen molar-refractivity contribution < 1.29 is 14.6 Å². The summed E-state index contributed by atoms with van der Waals surface area (Å²) >= 11 is 0. The first-order chi connectivity index (χ1) is 8.38. The molecule has 0 bridgehead atoms. The molecule has 1 aromatic carbocycles. The van der Waals surface area contributed by atoms with Crippen molar-refractivity contribution >= 4 is 5.91 Å². The third kappa shape index (κ3) is 2.64. The molecule has 0 fully saturated rings. The molecule has 0 aliphatic carbocycles. The number of aliphatic hydroxyl groups is 1. The van der Waals surface area contributed by atoms with Gasteiger partial charge in [0.25, 0.3) is 5.91 Å². The van der Waals surface area contributed by atoms with Crippen LogP contribution in [0.2, 0.25) is 0 Å². The number of ether oxygens (including phenoxy) is 1. The smallest absolute Gasteiger partial charge is 0.253 e. The highest BCUT2D eigenvalue weighted by atomic mass is 16.5. The molecule has 4 nitrogen and oxygen atoms in total. The van der Waals surface area contributed by atoms with Crippen LogP contribution in [0.5, 0.6) is 5.75 Å². The molecular weight excluding hydrogens is 230 g/mol. The lowest BCUT2D eigenvalue weighted by Gasteiger charge is -2.25. The van der Waals surface area contributed by atoms with Gasteiger partial charge in [-0.2, -0.15) is 0 Å². The molecule has 1 amide bonds. The van der Waals surface area contributed by atoms with Crippen molar-refractivity contribution in [3.63, 3.8) is 0 Å². The molecule has 0 unspecified atom stereocenters. The standard InChI is InChI=1S/C14H19NO3/c1-14(2,17)13(16)15(3)9-10-4-5-12-11(8-10)6-7-18-12/h4-5,8,17H,6-7,9H2,1-3H3. The van der Waals surface area contributed by atoms with Crippen LogP contribution in [0.3, 0.4) is 0 Å². The first-order valence-electron chi connectivity index (χ1n) is 6.10. The third-order valence-corrected chi connectivity index (χ3v) is 3.04. The molecule has 2 rings (SSSR count). The van der Waals surface area contributed by atoms with Crippen molar-refractivity contribution in [1.82, 2.24) is 4.90 Å². The summed E-state index contributed by atoms with van der Waals surface area (Å²) in [4.78, 5) is 13.4. The second-order valence-electron chi connectivity index (χ2n) is 5.26. The molecule has 4 heteroatoms. The van der Waals surface area contributed by atoms with Gasteiger partial charge < -0.3 is 14.7 Å². The second-order valence-corrected chi connectivity index (χ2v) is 5.26. The monoisotopic (exact) mass is 249 g/mol. The van der Waals surface area contributed by atoms with Gasteiger partial charge in [-0.05, 0) is 31.0 Å². The molecule has 98 valence electrons. The lowest BCUT2D eigenvalue weighted by molar-refractivity contribution is -0.146. The van der Waals surface area contributed by atoms with Gasteiger partial charge >= 0.3 is 0 Å². The molecule has 0 aromatic heterocycles. The van der Waals surface area contributed by atoms with Crippen molar-refractivity contribution in [3.8, 4) is 5.75 Å². The van der Waals surface area contributed by atoms with Crippen LogP contribution in [0, 0.1) is 0 Å². The second kappa shape index (κ2) is 4.61. The van der Waals surface area contributed by atoms with Crippen LogP contribution in [-0.2, 0) is 17.8 Å². The third-order valence-electron chi connectivity index (χ3n) is 3.04. The van der Waals surface area contributed by atoms with Gasteiger partial charge in [-0.15, -0.1) is 0 Å². The van der Waals surface area contributed by atoms with E-state index in [1.807, 2.05) is 12.1 Å². The number of amides is 1. The number of nitrogens with zero attached hydrogens (tertiary/aromatic N) is 1. The summed E-state index contributed by atoms with van der Waals surface area (Å²) in [6, 6.07) is 5.97. The molecule has 1 aliphatic heterocycles. The average molecular weight is 249 g/mol. The maximum Gasteiger partial charge on any atom is 0.253 e. The number of hydrogen-bond donors (Lipinski definition) is 1. The number of benzene rings is 1. The SMILES string of the molecule is CN(Cc1ccc2c(c1)CCO2)C(=O)C(C)(C)O. The predicted octanol–water partition coefficient (Wildman–Crippen LogP) is 1.35. The molecule has 0 radical (unpaired) electrons. The van der Waals surface area contributed by atoms with Crippen LogP contribution >= 0.6 is 0 Å². The number of likely N-dealkylation sites (N-methyl/N-ethyl adjacent to an activating group) is 1. The van der Waals surface area contributed by atoms with Gasteiger partial charge in [0.15, 0.2) is 0 Å². The molecule has 0 spiro atoms. The fraction of sp³-hybridized carbons (Fsp3) is 0.500. The average Bonchev–Trinajstić information content (AvgIpc) is 2.73. The van der Waals surface area contributed by atoms with E-state index >= 15 is 0 Å². The highest BCUT2D eigenvalue weighted by Gasteiger charge is 2.27. The summed E-state index contributed by atoms with van der Waals surface area (Å²) in [5.41, 5.74) is 0.921. The van der Waals surface area contributed by atoms with Gasteiger partial charge in [0.05, 0.1) is 6.61 Å². The van der Waals surface area contributed by atoms with Crippen LogP contribution in [0.15, 0.2) is 18.2 Å². The van der Waals surface area contributed by atoms with E-state index in [1.165, 1.54) is 24.3 Å². The minimum absolute atomic E-state index is 0.278. The van der Waals surface area contributed by atoms with E-state index in [0.29, 0.717) is 6.54 Å². The Bertz CT molecular complexity index is 463. The van der Waals surface area contributed by atoms with Crippen LogP contribution in [0.25, 0.3) is 0 Å². The Hall–Kier alpha value is -1.55. The Labute approximate surface area is 107 Å². The Morgan fingerprint density at radius 1 is 1.50 bits per heavy atom. The molecule has 1 aromatic rings. The van der Waals surface area contributed by atoms with Crippen LogP contribution in [-0.4, -0.2) is 35.2 Å². The molecule has 0 saturated carbocycles. The summed E-state index contributed by atoms with van der Waals surface area (Å²) in [5, 5.41) is 9.68. The molecule has 1 aliphatic rings.